The molecular weight excluding hydrogens is 251 g/mol. The van der Waals surface area contributed by atoms with E-state index in [9.17, 15) is 0 Å². The smallest absolute Gasteiger partial charge is 0.400 e. The molecule has 3 rings (SSSR count). The molecule has 0 aliphatic carbocycles. The lowest BCUT2D eigenvalue weighted by Gasteiger charge is -2.32. The minimum absolute atomic E-state index is 0.299. The van der Waals surface area contributed by atoms with E-state index in [-0.39, 0.29) is 18.3 Å². The van der Waals surface area contributed by atoms with Crippen LogP contribution in [0.3, 0.4) is 0 Å². The number of hydrogen-bond donors (Lipinski definition) is 1. The van der Waals surface area contributed by atoms with Crippen LogP contribution in [0.1, 0.15) is 45.0 Å². The molecule has 2 fully saturated rings. The van der Waals surface area contributed by atoms with Crippen molar-refractivity contribution < 1.29 is 9.31 Å². The first-order valence-corrected chi connectivity index (χ1v) is 7.11. The zero-order valence-corrected chi connectivity index (χ0v) is 12.5. The van der Waals surface area contributed by atoms with E-state index in [1.807, 2.05) is 24.3 Å². The Labute approximate surface area is 120 Å². The molecule has 2 aliphatic rings. The topological polar surface area (TPSA) is 53.3 Å². The molecule has 0 spiro atoms. The van der Waals surface area contributed by atoms with Gasteiger partial charge >= 0.3 is 7.12 Å². The molecule has 20 heavy (non-hydrogen) atoms. The molecule has 2 saturated heterocycles. The van der Waals surface area contributed by atoms with Crippen LogP contribution in [-0.2, 0) is 9.31 Å². The Balaban J connectivity index is 1.76. The number of nitrogens with one attached hydrogen (secondary N) is 1. The summed E-state index contributed by atoms with van der Waals surface area (Å²) in [5.74, 6) is 1.95. The Morgan fingerprint density at radius 2 is 1.95 bits per heavy atom. The second-order valence-corrected chi connectivity index (χ2v) is 6.42. The molecule has 1 N–H and O–H groups in total. The van der Waals surface area contributed by atoms with Gasteiger partial charge in [-0.2, -0.15) is 0 Å². The quantitative estimate of drug-likeness (QED) is 0.678. The van der Waals surface area contributed by atoms with Gasteiger partial charge < -0.3 is 14.6 Å². The molecule has 0 bridgehead atoms. The van der Waals surface area contributed by atoms with Crippen LogP contribution < -0.4 is 5.32 Å². The Kier molecular flexibility index (Phi) is 3.24. The molecular formula is C15H21BN2O2. The standard InChI is InChI=1S/C15H21BN2O2/c1-14(2)15(3,4)20-16(19-14)8-7-12-11(13-10-18-13)6-5-9-17-12/h5-9,13,18H,10H2,1-4H3/b8-7+/t13-/m1/s1. The van der Waals surface area contributed by atoms with Gasteiger partial charge in [-0.3, -0.25) is 4.98 Å². The van der Waals surface area contributed by atoms with Crippen molar-refractivity contribution in [2.24, 2.45) is 0 Å². The third-order valence-electron chi connectivity index (χ3n) is 4.34. The van der Waals surface area contributed by atoms with Gasteiger partial charge in [0.15, 0.2) is 0 Å². The molecule has 1 atom stereocenters. The van der Waals surface area contributed by atoms with Crippen LogP contribution in [0.5, 0.6) is 0 Å². The van der Waals surface area contributed by atoms with Crippen molar-refractivity contribution in [3.63, 3.8) is 0 Å². The second kappa shape index (κ2) is 4.69. The van der Waals surface area contributed by atoms with Gasteiger partial charge in [-0.1, -0.05) is 12.0 Å². The molecule has 5 heteroatoms. The fourth-order valence-corrected chi connectivity index (χ4v) is 2.28. The molecule has 1 aromatic heterocycles. The van der Waals surface area contributed by atoms with Crippen molar-refractivity contribution in [2.75, 3.05) is 6.54 Å². The molecule has 0 radical (unpaired) electrons. The summed E-state index contributed by atoms with van der Waals surface area (Å²) in [5, 5.41) is 3.31. The highest BCUT2D eigenvalue weighted by Crippen LogP contribution is 2.37. The van der Waals surface area contributed by atoms with Crippen LogP contribution in [0, 0.1) is 0 Å². The van der Waals surface area contributed by atoms with E-state index in [0.717, 1.165) is 12.2 Å². The SMILES string of the molecule is CC1(C)OB(/C=C/c2ncccc2[C@H]2CN2)OC1(C)C. The first kappa shape index (κ1) is 13.8. The normalized spacial score (nSPS) is 27.2. The third kappa shape index (κ3) is 2.53. The lowest BCUT2D eigenvalue weighted by atomic mass is 9.89. The van der Waals surface area contributed by atoms with Crippen LogP contribution in [-0.4, -0.2) is 29.8 Å². The highest BCUT2D eigenvalue weighted by atomic mass is 16.7. The van der Waals surface area contributed by atoms with Crippen LogP contribution >= 0.6 is 0 Å². The maximum absolute atomic E-state index is 5.95. The summed E-state index contributed by atoms with van der Waals surface area (Å²) in [7, 11) is -0.318. The molecule has 0 saturated carbocycles. The number of hydrogen-bond acceptors (Lipinski definition) is 4. The summed E-state index contributed by atoms with van der Waals surface area (Å²) < 4.78 is 11.9. The highest BCUT2D eigenvalue weighted by molar-refractivity contribution is 6.52. The monoisotopic (exact) mass is 272 g/mol. The number of nitrogens with zero attached hydrogens (tertiary/aromatic N) is 1. The van der Waals surface area contributed by atoms with Crippen molar-refractivity contribution >= 4 is 13.2 Å². The van der Waals surface area contributed by atoms with E-state index in [1.54, 1.807) is 0 Å². The van der Waals surface area contributed by atoms with E-state index in [1.165, 1.54) is 5.56 Å². The van der Waals surface area contributed by atoms with E-state index in [4.69, 9.17) is 9.31 Å². The number of aromatic nitrogens is 1. The Morgan fingerprint density at radius 3 is 2.55 bits per heavy atom. The maximum Gasteiger partial charge on any atom is 0.487 e. The Hall–Kier alpha value is -1.17. The first-order chi connectivity index (χ1) is 9.39. The molecule has 1 aromatic rings. The lowest BCUT2D eigenvalue weighted by molar-refractivity contribution is 0.00578. The number of rotatable bonds is 3. The van der Waals surface area contributed by atoms with E-state index in [2.05, 4.69) is 44.1 Å². The molecule has 3 heterocycles. The van der Waals surface area contributed by atoms with Gasteiger partial charge in [-0.05, 0) is 45.4 Å². The number of pyridine rings is 1. The minimum Gasteiger partial charge on any atom is -0.400 e. The van der Waals surface area contributed by atoms with Gasteiger partial charge in [0.2, 0.25) is 0 Å². The van der Waals surface area contributed by atoms with Gasteiger partial charge in [0.05, 0.1) is 16.9 Å². The van der Waals surface area contributed by atoms with Gasteiger partial charge in [0, 0.05) is 18.8 Å². The largest absolute Gasteiger partial charge is 0.487 e. The van der Waals surface area contributed by atoms with E-state index < -0.39 is 0 Å². The zero-order valence-electron chi connectivity index (χ0n) is 12.5. The van der Waals surface area contributed by atoms with Gasteiger partial charge in [0.1, 0.15) is 0 Å². The average molecular weight is 272 g/mol. The average Bonchev–Trinajstić information content (AvgIpc) is 3.16. The summed E-state index contributed by atoms with van der Waals surface area (Å²) in [6.45, 7) is 9.26. The summed E-state index contributed by atoms with van der Waals surface area (Å²) >= 11 is 0. The molecule has 2 aliphatic heterocycles. The van der Waals surface area contributed by atoms with E-state index in [0.29, 0.717) is 6.04 Å². The van der Waals surface area contributed by atoms with Crippen LogP contribution in [0.2, 0.25) is 0 Å². The summed E-state index contributed by atoms with van der Waals surface area (Å²) in [6, 6.07) is 4.53. The van der Waals surface area contributed by atoms with E-state index >= 15 is 0 Å². The molecule has 4 nitrogen and oxygen atoms in total. The predicted molar refractivity (Wildman–Crippen MR) is 80.1 cm³/mol. The minimum atomic E-state index is -0.318. The highest BCUT2D eigenvalue weighted by Gasteiger charge is 2.50. The second-order valence-electron chi connectivity index (χ2n) is 6.42. The molecule has 106 valence electrons. The van der Waals surface area contributed by atoms with Crippen molar-refractivity contribution in [3.05, 3.63) is 35.6 Å². The zero-order chi connectivity index (χ0) is 14.4. The summed E-state index contributed by atoms with van der Waals surface area (Å²) in [6.07, 6.45) is 3.81. The fourth-order valence-electron chi connectivity index (χ4n) is 2.28. The van der Waals surface area contributed by atoms with Gasteiger partial charge in [0.25, 0.3) is 0 Å². The summed E-state index contributed by atoms with van der Waals surface area (Å²) in [4.78, 5) is 4.44. The van der Waals surface area contributed by atoms with Crippen LogP contribution in [0.25, 0.3) is 6.08 Å². The summed E-state index contributed by atoms with van der Waals surface area (Å²) in [5.41, 5.74) is 1.62. The van der Waals surface area contributed by atoms with Crippen molar-refractivity contribution in [1.29, 1.82) is 0 Å². The van der Waals surface area contributed by atoms with Crippen molar-refractivity contribution in [3.8, 4) is 0 Å². The van der Waals surface area contributed by atoms with Crippen LogP contribution in [0.4, 0.5) is 0 Å². The predicted octanol–water partition coefficient (Wildman–Crippen LogP) is 2.37. The molecule has 0 amide bonds. The fraction of sp³-hybridized carbons (Fsp3) is 0.533. The van der Waals surface area contributed by atoms with Gasteiger partial charge in [-0.25, -0.2) is 0 Å². The Bertz CT molecular complexity index is 522. The maximum atomic E-state index is 5.95. The van der Waals surface area contributed by atoms with Crippen LogP contribution in [0.15, 0.2) is 24.3 Å². The third-order valence-corrected chi connectivity index (χ3v) is 4.34. The van der Waals surface area contributed by atoms with Gasteiger partial charge in [-0.15, -0.1) is 0 Å². The first-order valence-electron chi connectivity index (χ1n) is 7.11. The van der Waals surface area contributed by atoms with Crippen molar-refractivity contribution in [2.45, 2.75) is 44.9 Å². The van der Waals surface area contributed by atoms with Crippen molar-refractivity contribution in [1.82, 2.24) is 10.3 Å². The lowest BCUT2D eigenvalue weighted by Crippen LogP contribution is -2.41. The Morgan fingerprint density at radius 1 is 1.30 bits per heavy atom. The molecule has 0 aromatic carbocycles. The molecule has 0 unspecified atom stereocenters.